The topological polar surface area (TPSA) is 20.3 Å². The van der Waals surface area contributed by atoms with Crippen LogP contribution in [0.15, 0.2) is 42.5 Å². The molecule has 2 rings (SSSR count). The Morgan fingerprint density at radius 2 is 1.86 bits per heavy atom. The summed E-state index contributed by atoms with van der Waals surface area (Å²) in [5.74, 6) is -0.168. The van der Waals surface area contributed by atoms with Gasteiger partial charge in [0.05, 0.1) is 6.54 Å². The van der Waals surface area contributed by atoms with E-state index in [1.165, 1.54) is 6.07 Å². The van der Waals surface area contributed by atoms with Gasteiger partial charge in [0, 0.05) is 17.7 Å². The molecule has 2 aromatic carbocycles. The molecule has 110 valence electrons. The van der Waals surface area contributed by atoms with Crippen molar-refractivity contribution in [3.8, 4) is 0 Å². The molecule has 0 heterocycles. The molecule has 0 spiro atoms. The Morgan fingerprint density at radius 1 is 1.14 bits per heavy atom. The highest BCUT2D eigenvalue weighted by Gasteiger charge is 2.13. The van der Waals surface area contributed by atoms with Crippen LogP contribution in [0.5, 0.6) is 0 Å². The fourth-order valence-corrected chi connectivity index (χ4v) is 2.34. The van der Waals surface area contributed by atoms with Crippen molar-refractivity contribution in [2.24, 2.45) is 0 Å². The van der Waals surface area contributed by atoms with Crippen LogP contribution < -0.4 is 0 Å². The molecule has 0 aromatic heterocycles. The van der Waals surface area contributed by atoms with E-state index in [1.54, 1.807) is 18.2 Å². The summed E-state index contributed by atoms with van der Waals surface area (Å²) in [5.41, 5.74) is 3.40. The molecule has 3 heteroatoms. The van der Waals surface area contributed by atoms with Gasteiger partial charge >= 0.3 is 0 Å². The number of carbonyl (C=O) groups is 1. The van der Waals surface area contributed by atoms with E-state index >= 15 is 0 Å². The van der Waals surface area contributed by atoms with Crippen molar-refractivity contribution in [3.05, 3.63) is 70.5 Å². The molecule has 0 unspecified atom stereocenters. The molecule has 0 radical (unpaired) electrons. The van der Waals surface area contributed by atoms with Crippen LogP contribution in [0.4, 0.5) is 4.39 Å². The lowest BCUT2D eigenvalue weighted by Gasteiger charge is -2.17. The summed E-state index contributed by atoms with van der Waals surface area (Å²) in [7, 11) is 1.83. The molecule has 0 N–H and O–H groups in total. The molecule has 0 saturated carbocycles. The molecular formula is C18H20FNO. The lowest BCUT2D eigenvalue weighted by atomic mass is 10.0. The summed E-state index contributed by atoms with van der Waals surface area (Å²) >= 11 is 0. The first kappa shape index (κ1) is 15.4. The smallest absolute Gasteiger partial charge is 0.177 e. The van der Waals surface area contributed by atoms with Gasteiger partial charge < -0.3 is 0 Å². The van der Waals surface area contributed by atoms with Crippen LogP contribution >= 0.6 is 0 Å². The van der Waals surface area contributed by atoms with Crippen molar-refractivity contribution in [1.29, 1.82) is 0 Å². The zero-order valence-corrected chi connectivity index (χ0v) is 12.7. The molecule has 0 aliphatic rings. The van der Waals surface area contributed by atoms with Gasteiger partial charge in [-0.05, 0) is 38.6 Å². The summed E-state index contributed by atoms with van der Waals surface area (Å²) in [4.78, 5) is 14.2. The third-order valence-corrected chi connectivity index (χ3v) is 3.51. The molecule has 0 saturated heterocycles. The molecule has 0 aliphatic heterocycles. The van der Waals surface area contributed by atoms with E-state index in [2.05, 4.69) is 0 Å². The van der Waals surface area contributed by atoms with Gasteiger partial charge in [0.25, 0.3) is 0 Å². The van der Waals surface area contributed by atoms with Gasteiger partial charge in [-0.25, -0.2) is 4.39 Å². The van der Waals surface area contributed by atoms with E-state index in [9.17, 15) is 9.18 Å². The average Bonchev–Trinajstić information content (AvgIpc) is 2.44. The number of hydrogen-bond acceptors (Lipinski definition) is 2. The van der Waals surface area contributed by atoms with Crippen molar-refractivity contribution < 1.29 is 9.18 Å². The molecule has 2 nitrogen and oxygen atoms in total. The van der Waals surface area contributed by atoms with E-state index in [4.69, 9.17) is 0 Å². The van der Waals surface area contributed by atoms with Crippen molar-refractivity contribution in [1.82, 2.24) is 4.90 Å². The Morgan fingerprint density at radius 3 is 2.57 bits per heavy atom. The molecule has 0 amide bonds. The van der Waals surface area contributed by atoms with Crippen LogP contribution in [-0.2, 0) is 6.54 Å². The molecule has 0 bridgehead atoms. The molecule has 2 aromatic rings. The summed E-state index contributed by atoms with van der Waals surface area (Å²) in [5, 5.41) is 0. The number of benzene rings is 2. The highest BCUT2D eigenvalue weighted by Crippen LogP contribution is 2.13. The maximum absolute atomic E-state index is 13.6. The summed E-state index contributed by atoms with van der Waals surface area (Å²) in [6.45, 7) is 4.60. The van der Waals surface area contributed by atoms with Crippen LogP contribution in [0.1, 0.15) is 27.0 Å². The zero-order chi connectivity index (χ0) is 15.4. The zero-order valence-electron chi connectivity index (χ0n) is 12.7. The normalized spacial score (nSPS) is 10.9. The molecule has 0 fully saturated rings. The number of halogens is 1. The van der Waals surface area contributed by atoms with Crippen molar-refractivity contribution in [2.75, 3.05) is 13.6 Å². The van der Waals surface area contributed by atoms with Gasteiger partial charge in [-0.3, -0.25) is 9.69 Å². The quantitative estimate of drug-likeness (QED) is 0.780. The number of ketones is 1. The molecule has 0 aliphatic carbocycles. The van der Waals surface area contributed by atoms with Gasteiger partial charge in [0.1, 0.15) is 5.82 Å². The Hall–Kier alpha value is -2.00. The average molecular weight is 285 g/mol. The SMILES string of the molecule is Cc1ccc(C)c(C(=O)CN(C)Cc2ccccc2F)c1. The lowest BCUT2D eigenvalue weighted by Crippen LogP contribution is -2.26. The van der Waals surface area contributed by atoms with Crippen LogP contribution in [0.25, 0.3) is 0 Å². The maximum atomic E-state index is 13.6. The number of hydrogen-bond donors (Lipinski definition) is 0. The minimum atomic E-state index is -0.233. The van der Waals surface area contributed by atoms with Crippen molar-refractivity contribution in [2.45, 2.75) is 20.4 Å². The van der Waals surface area contributed by atoms with Crippen LogP contribution in [0.2, 0.25) is 0 Å². The summed E-state index contributed by atoms with van der Waals surface area (Å²) < 4.78 is 13.6. The minimum Gasteiger partial charge on any atom is -0.294 e. The van der Waals surface area contributed by atoms with Crippen molar-refractivity contribution in [3.63, 3.8) is 0 Å². The Labute approximate surface area is 125 Å². The van der Waals surface area contributed by atoms with E-state index in [1.807, 2.05) is 44.0 Å². The summed E-state index contributed by atoms with van der Waals surface area (Å²) in [6.07, 6.45) is 0. The van der Waals surface area contributed by atoms with E-state index in [-0.39, 0.29) is 18.1 Å². The number of Topliss-reactive ketones (excluding diaryl/α,β-unsaturated/α-hetero) is 1. The van der Waals surface area contributed by atoms with Gasteiger partial charge in [0.2, 0.25) is 0 Å². The highest BCUT2D eigenvalue weighted by atomic mass is 19.1. The van der Waals surface area contributed by atoms with E-state index in [0.717, 1.165) is 16.7 Å². The molecule has 0 atom stereocenters. The predicted octanol–water partition coefficient (Wildman–Crippen LogP) is 3.76. The number of carbonyl (C=O) groups excluding carboxylic acids is 1. The van der Waals surface area contributed by atoms with E-state index < -0.39 is 0 Å². The van der Waals surface area contributed by atoms with Gasteiger partial charge in [-0.2, -0.15) is 0 Å². The second kappa shape index (κ2) is 6.64. The highest BCUT2D eigenvalue weighted by molar-refractivity contribution is 5.99. The van der Waals surface area contributed by atoms with Crippen LogP contribution in [0, 0.1) is 19.7 Å². The van der Waals surface area contributed by atoms with Crippen molar-refractivity contribution >= 4 is 5.78 Å². The Kier molecular flexibility index (Phi) is 4.86. The summed E-state index contributed by atoms with van der Waals surface area (Å²) in [6, 6.07) is 12.5. The van der Waals surface area contributed by atoms with Crippen LogP contribution in [0.3, 0.4) is 0 Å². The maximum Gasteiger partial charge on any atom is 0.177 e. The second-order valence-electron chi connectivity index (χ2n) is 5.51. The fraction of sp³-hybridized carbons (Fsp3) is 0.278. The van der Waals surface area contributed by atoms with Crippen LogP contribution in [-0.4, -0.2) is 24.3 Å². The lowest BCUT2D eigenvalue weighted by molar-refractivity contribution is 0.0941. The van der Waals surface area contributed by atoms with Gasteiger partial charge in [-0.1, -0.05) is 35.9 Å². The minimum absolute atomic E-state index is 0.0649. The fourth-order valence-electron chi connectivity index (χ4n) is 2.34. The second-order valence-corrected chi connectivity index (χ2v) is 5.51. The largest absolute Gasteiger partial charge is 0.294 e. The standard InChI is InChI=1S/C18H20FNO/c1-13-8-9-14(2)16(10-13)18(21)12-20(3)11-15-6-4-5-7-17(15)19/h4-10H,11-12H2,1-3H3. The number of nitrogens with zero attached hydrogens (tertiary/aromatic N) is 1. The molecule has 21 heavy (non-hydrogen) atoms. The Bertz CT molecular complexity index is 651. The van der Waals surface area contributed by atoms with Gasteiger partial charge in [-0.15, -0.1) is 0 Å². The molecular weight excluding hydrogens is 265 g/mol. The number of likely N-dealkylation sites (N-methyl/N-ethyl adjacent to an activating group) is 1. The van der Waals surface area contributed by atoms with E-state index in [0.29, 0.717) is 12.1 Å². The first-order valence-corrected chi connectivity index (χ1v) is 7.00. The first-order chi connectivity index (χ1) is 9.97. The number of aryl methyl sites for hydroxylation is 2. The van der Waals surface area contributed by atoms with Gasteiger partial charge in [0.15, 0.2) is 5.78 Å². The number of rotatable bonds is 5. The first-order valence-electron chi connectivity index (χ1n) is 7.00. The Balaban J connectivity index is 2.06. The third kappa shape index (κ3) is 3.99. The monoisotopic (exact) mass is 285 g/mol. The predicted molar refractivity (Wildman–Crippen MR) is 83.0 cm³/mol. The third-order valence-electron chi connectivity index (χ3n) is 3.51.